The molecule has 0 spiro atoms. The Labute approximate surface area is 199 Å². The molecule has 0 heterocycles. The van der Waals surface area contributed by atoms with Crippen molar-refractivity contribution in [2.45, 2.75) is 188 Å². The van der Waals surface area contributed by atoms with Crippen molar-refractivity contribution in [3.8, 4) is 0 Å². The fraction of sp³-hybridized carbons (Fsp3) is 1.00. The summed E-state index contributed by atoms with van der Waals surface area (Å²) in [6, 6.07) is 0. The summed E-state index contributed by atoms with van der Waals surface area (Å²) in [4.78, 5) is 0. The zero-order chi connectivity index (χ0) is 22.0. The van der Waals surface area contributed by atoms with Crippen LogP contribution in [0.5, 0.6) is 0 Å². The molecule has 0 radical (unpaired) electrons. The van der Waals surface area contributed by atoms with E-state index in [9.17, 15) is 0 Å². The highest BCUT2D eigenvalue weighted by Crippen LogP contribution is 2.16. The molecule has 0 aromatic heterocycles. The Kier molecular flexibility index (Phi) is 32.0. The maximum Gasteiger partial charge on any atom is -0.0471 e. The SMILES string of the molecule is CCCCCCCCCCCCCCCCCCCCCCCCCCCC(C)C.N. The standard InChI is InChI=1S/C30H62.H3N/c1-4-5-6-7-8-9-10-11-12-13-14-15-16-17-18-19-20-21-22-23-24-25-26-27-28-29-30(2)3;/h30H,4-29H2,1-3H3;1H3. The van der Waals surface area contributed by atoms with Gasteiger partial charge in [0.05, 0.1) is 0 Å². The molecule has 3 N–H and O–H groups in total. The molecule has 0 amide bonds. The average molecular weight is 440 g/mol. The van der Waals surface area contributed by atoms with Crippen molar-refractivity contribution >= 4 is 0 Å². The van der Waals surface area contributed by atoms with Crippen molar-refractivity contribution in [3.05, 3.63) is 0 Å². The van der Waals surface area contributed by atoms with Gasteiger partial charge in [-0.2, -0.15) is 0 Å². The van der Waals surface area contributed by atoms with Gasteiger partial charge in [0.25, 0.3) is 0 Å². The summed E-state index contributed by atoms with van der Waals surface area (Å²) in [5.41, 5.74) is 0. The molecule has 0 aliphatic carbocycles. The smallest absolute Gasteiger partial charge is 0.0471 e. The zero-order valence-corrected chi connectivity index (χ0v) is 22.7. The average Bonchev–Trinajstić information content (AvgIpc) is 2.73. The predicted octanol–water partition coefficient (Wildman–Crippen LogP) is 12.0. The van der Waals surface area contributed by atoms with Gasteiger partial charge < -0.3 is 6.15 Å². The van der Waals surface area contributed by atoms with E-state index in [2.05, 4.69) is 20.8 Å². The predicted molar refractivity (Wildman–Crippen MR) is 146 cm³/mol. The maximum absolute atomic E-state index is 2.35. The first-order valence-electron chi connectivity index (χ1n) is 14.8. The summed E-state index contributed by atoms with van der Waals surface area (Å²) in [7, 11) is 0. The molecule has 0 saturated heterocycles. The lowest BCUT2D eigenvalue weighted by Gasteiger charge is -2.05. The third kappa shape index (κ3) is 32.2. The van der Waals surface area contributed by atoms with Gasteiger partial charge in [0.1, 0.15) is 0 Å². The minimum absolute atomic E-state index is 0. The molecule has 31 heavy (non-hydrogen) atoms. The molecule has 1 heteroatoms. The Hall–Kier alpha value is -0.0400. The third-order valence-electron chi connectivity index (χ3n) is 6.89. The first kappa shape index (κ1) is 33.1. The van der Waals surface area contributed by atoms with Crippen LogP contribution in [0.1, 0.15) is 188 Å². The van der Waals surface area contributed by atoms with E-state index in [4.69, 9.17) is 0 Å². The van der Waals surface area contributed by atoms with Crippen LogP contribution < -0.4 is 6.15 Å². The van der Waals surface area contributed by atoms with Crippen molar-refractivity contribution < 1.29 is 0 Å². The highest BCUT2D eigenvalue weighted by atomic mass is 14.0. The molecule has 0 aromatic carbocycles. The van der Waals surface area contributed by atoms with Crippen LogP contribution in [0.25, 0.3) is 0 Å². The Morgan fingerprint density at radius 2 is 0.516 bits per heavy atom. The fourth-order valence-electron chi connectivity index (χ4n) is 4.69. The molecule has 190 valence electrons. The summed E-state index contributed by atoms with van der Waals surface area (Å²) in [6.07, 6.45) is 38.4. The molecular formula is C30H65N. The van der Waals surface area contributed by atoms with Crippen molar-refractivity contribution in [1.82, 2.24) is 6.15 Å². The summed E-state index contributed by atoms with van der Waals surface area (Å²) < 4.78 is 0. The largest absolute Gasteiger partial charge is 0.344 e. The molecule has 0 unspecified atom stereocenters. The van der Waals surface area contributed by atoms with E-state index in [1.165, 1.54) is 167 Å². The van der Waals surface area contributed by atoms with E-state index < -0.39 is 0 Å². The Bertz CT molecular complexity index is 286. The van der Waals surface area contributed by atoms with Crippen LogP contribution >= 0.6 is 0 Å². The maximum atomic E-state index is 2.35. The molecule has 0 aliphatic rings. The zero-order valence-electron chi connectivity index (χ0n) is 22.7. The van der Waals surface area contributed by atoms with Gasteiger partial charge in [0.2, 0.25) is 0 Å². The van der Waals surface area contributed by atoms with Gasteiger partial charge in [-0.05, 0) is 5.92 Å². The molecule has 0 saturated carbocycles. The fourth-order valence-corrected chi connectivity index (χ4v) is 4.69. The van der Waals surface area contributed by atoms with Crippen LogP contribution in [0, 0.1) is 5.92 Å². The normalized spacial score (nSPS) is 11.2. The summed E-state index contributed by atoms with van der Waals surface area (Å²) in [5.74, 6) is 0.898. The van der Waals surface area contributed by atoms with Crippen LogP contribution in [0.15, 0.2) is 0 Å². The van der Waals surface area contributed by atoms with Crippen LogP contribution in [-0.2, 0) is 0 Å². The third-order valence-corrected chi connectivity index (χ3v) is 6.89. The van der Waals surface area contributed by atoms with Gasteiger partial charge in [0.15, 0.2) is 0 Å². The van der Waals surface area contributed by atoms with Crippen LogP contribution in [0.2, 0.25) is 0 Å². The highest BCUT2D eigenvalue weighted by molar-refractivity contribution is 4.52. The first-order chi connectivity index (χ1) is 14.8. The van der Waals surface area contributed by atoms with Crippen molar-refractivity contribution in [1.29, 1.82) is 0 Å². The van der Waals surface area contributed by atoms with Gasteiger partial charge in [-0.15, -0.1) is 0 Å². The van der Waals surface area contributed by atoms with E-state index in [1.54, 1.807) is 0 Å². The lowest BCUT2D eigenvalue weighted by Crippen LogP contribution is -1.87. The van der Waals surface area contributed by atoms with Gasteiger partial charge >= 0.3 is 0 Å². The van der Waals surface area contributed by atoms with Crippen LogP contribution in [0.4, 0.5) is 0 Å². The van der Waals surface area contributed by atoms with E-state index in [0.717, 1.165) is 5.92 Å². The summed E-state index contributed by atoms with van der Waals surface area (Å²) in [5, 5.41) is 0. The van der Waals surface area contributed by atoms with Crippen molar-refractivity contribution in [3.63, 3.8) is 0 Å². The topological polar surface area (TPSA) is 35.0 Å². The molecule has 0 fully saturated rings. The van der Waals surface area contributed by atoms with Gasteiger partial charge in [-0.1, -0.05) is 188 Å². The van der Waals surface area contributed by atoms with E-state index in [0.29, 0.717) is 0 Å². The lowest BCUT2D eigenvalue weighted by atomic mass is 10.0. The second-order valence-corrected chi connectivity index (χ2v) is 10.7. The van der Waals surface area contributed by atoms with Crippen LogP contribution in [-0.4, -0.2) is 0 Å². The quantitative estimate of drug-likeness (QED) is 0.134. The molecule has 1 nitrogen and oxygen atoms in total. The molecule has 0 atom stereocenters. The van der Waals surface area contributed by atoms with Gasteiger partial charge in [0, 0.05) is 0 Å². The summed E-state index contributed by atoms with van der Waals surface area (Å²) >= 11 is 0. The van der Waals surface area contributed by atoms with E-state index >= 15 is 0 Å². The van der Waals surface area contributed by atoms with E-state index in [1.807, 2.05) is 0 Å². The van der Waals surface area contributed by atoms with Crippen LogP contribution in [0.3, 0.4) is 0 Å². The lowest BCUT2D eigenvalue weighted by molar-refractivity contribution is 0.500. The van der Waals surface area contributed by atoms with Crippen molar-refractivity contribution in [2.75, 3.05) is 0 Å². The molecule has 0 aliphatic heterocycles. The Morgan fingerprint density at radius 1 is 0.323 bits per heavy atom. The number of hydrogen-bond acceptors (Lipinski definition) is 1. The monoisotopic (exact) mass is 440 g/mol. The number of unbranched alkanes of at least 4 members (excludes halogenated alkanes) is 24. The number of rotatable bonds is 26. The van der Waals surface area contributed by atoms with E-state index in [-0.39, 0.29) is 6.15 Å². The minimum atomic E-state index is 0. The molecule has 0 rings (SSSR count). The van der Waals surface area contributed by atoms with Crippen molar-refractivity contribution in [2.24, 2.45) is 5.92 Å². The Morgan fingerprint density at radius 3 is 0.710 bits per heavy atom. The second kappa shape index (κ2) is 30.0. The summed E-state index contributed by atoms with van der Waals surface area (Å²) in [6.45, 7) is 7.00. The first-order valence-corrected chi connectivity index (χ1v) is 14.8. The number of hydrogen-bond donors (Lipinski definition) is 1. The van der Waals surface area contributed by atoms with Gasteiger partial charge in [-0.3, -0.25) is 0 Å². The molecular weight excluding hydrogens is 374 g/mol. The minimum Gasteiger partial charge on any atom is -0.344 e. The second-order valence-electron chi connectivity index (χ2n) is 10.7. The highest BCUT2D eigenvalue weighted by Gasteiger charge is 1.97. The van der Waals surface area contributed by atoms with Gasteiger partial charge in [-0.25, -0.2) is 0 Å². The molecule has 0 bridgehead atoms. The molecule has 0 aromatic rings. The Balaban J connectivity index is 0.